The number of amides is 1. The van der Waals surface area contributed by atoms with E-state index in [4.69, 9.17) is 32.7 Å². The molecule has 1 aliphatic rings. The molecule has 0 radical (unpaired) electrons. The van der Waals surface area contributed by atoms with Crippen molar-refractivity contribution in [2.24, 2.45) is 0 Å². The number of carbonyl (C=O) groups excluding carboxylic acids is 1. The van der Waals surface area contributed by atoms with E-state index in [-0.39, 0.29) is 33.3 Å². The molecule has 0 aliphatic carbocycles. The Morgan fingerprint density at radius 3 is 2.75 bits per heavy atom. The van der Waals surface area contributed by atoms with Gasteiger partial charge in [-0.1, -0.05) is 29.8 Å². The fraction of sp³-hybridized carbons (Fsp3) is 0.269. The summed E-state index contributed by atoms with van der Waals surface area (Å²) in [6, 6.07) is 8.46. The van der Waals surface area contributed by atoms with Gasteiger partial charge in [-0.2, -0.15) is 5.26 Å². The van der Waals surface area contributed by atoms with Gasteiger partial charge in [0.2, 0.25) is 5.91 Å². The molecular formula is C26H23Cl2FN4O3. The number of nitrogens with zero attached hydrogens (tertiary/aromatic N) is 3. The minimum atomic E-state index is -0.735. The molecule has 2 heterocycles. The maximum Gasteiger partial charge on any atom is 0.245 e. The number of hydrogen-bond donors (Lipinski definition) is 1. The van der Waals surface area contributed by atoms with Crippen molar-refractivity contribution in [3.63, 3.8) is 0 Å². The first kappa shape index (κ1) is 25.5. The van der Waals surface area contributed by atoms with Gasteiger partial charge in [-0.3, -0.25) is 9.78 Å². The molecule has 1 aliphatic heterocycles. The Morgan fingerprint density at radius 2 is 2.08 bits per heavy atom. The number of halogens is 3. The molecule has 0 unspecified atom stereocenters. The monoisotopic (exact) mass is 528 g/mol. The molecule has 36 heavy (non-hydrogen) atoms. The lowest BCUT2D eigenvalue weighted by molar-refractivity contribution is -0.127. The molecule has 7 nitrogen and oxygen atoms in total. The topological polar surface area (TPSA) is 87.5 Å². The largest absolute Gasteiger partial charge is 0.490 e. The second kappa shape index (κ2) is 11.0. The maximum absolute atomic E-state index is 14.8. The third kappa shape index (κ3) is 5.18. The second-order valence-electron chi connectivity index (χ2n) is 8.10. The van der Waals surface area contributed by atoms with Crippen LogP contribution in [0.2, 0.25) is 10.0 Å². The second-order valence-corrected chi connectivity index (χ2v) is 8.89. The Hall–Kier alpha value is -3.54. The lowest BCUT2D eigenvalue weighted by Gasteiger charge is -2.32. The van der Waals surface area contributed by atoms with E-state index in [0.29, 0.717) is 60.6 Å². The molecule has 2 aromatic carbocycles. The van der Waals surface area contributed by atoms with E-state index >= 15 is 0 Å². The van der Waals surface area contributed by atoms with Crippen LogP contribution in [0.1, 0.15) is 25.3 Å². The molecule has 1 saturated heterocycles. The van der Waals surface area contributed by atoms with Crippen molar-refractivity contribution < 1.29 is 18.7 Å². The Morgan fingerprint density at radius 1 is 1.33 bits per heavy atom. The van der Waals surface area contributed by atoms with Crippen molar-refractivity contribution in [2.45, 2.75) is 25.9 Å². The van der Waals surface area contributed by atoms with Crippen LogP contribution < -0.4 is 14.8 Å². The zero-order chi connectivity index (χ0) is 25.8. The molecule has 0 bridgehead atoms. The number of aromatic nitrogens is 1. The van der Waals surface area contributed by atoms with E-state index in [1.807, 2.05) is 6.92 Å². The van der Waals surface area contributed by atoms with Crippen LogP contribution in [0.3, 0.4) is 0 Å². The average Bonchev–Trinajstić information content (AvgIpc) is 2.89. The number of fused-ring (bicyclic) bond motifs is 1. The van der Waals surface area contributed by atoms with Crippen molar-refractivity contribution in [1.82, 2.24) is 9.88 Å². The van der Waals surface area contributed by atoms with Gasteiger partial charge in [0.25, 0.3) is 0 Å². The van der Waals surface area contributed by atoms with E-state index in [2.05, 4.69) is 22.9 Å². The van der Waals surface area contributed by atoms with Crippen LogP contribution in [0, 0.1) is 17.1 Å². The first-order valence-corrected chi connectivity index (χ1v) is 12.1. The Kier molecular flexibility index (Phi) is 7.82. The summed E-state index contributed by atoms with van der Waals surface area (Å²) in [6.45, 7) is 6.91. The standard InChI is InChI=1S/C26H23Cl2FN4O3/c1-3-23(34)33-9-7-16(8-10-33)36-22-11-17-20(12-21(22)35-4-2)31-14-15(13-30)26(17)32-19-6-5-18(27)24(28)25(19)29/h3,5-6,11-12,14,16H,1,4,7-10H2,2H3,(H,31,32). The normalized spacial score (nSPS) is 13.8. The van der Waals surface area contributed by atoms with Crippen molar-refractivity contribution >= 4 is 51.4 Å². The molecule has 4 rings (SSSR count). The number of pyridine rings is 1. The summed E-state index contributed by atoms with van der Waals surface area (Å²) in [5, 5.41) is 13.1. The molecule has 0 atom stereocenters. The van der Waals surface area contributed by atoms with Gasteiger partial charge < -0.3 is 19.7 Å². The first-order valence-electron chi connectivity index (χ1n) is 11.3. The number of ether oxygens (including phenoxy) is 2. The van der Waals surface area contributed by atoms with Crippen LogP contribution in [0.4, 0.5) is 15.8 Å². The van der Waals surface area contributed by atoms with Crippen molar-refractivity contribution in [3.8, 4) is 17.6 Å². The fourth-order valence-electron chi connectivity index (χ4n) is 4.04. The van der Waals surface area contributed by atoms with E-state index < -0.39 is 5.82 Å². The number of carbonyl (C=O) groups is 1. The summed E-state index contributed by atoms with van der Waals surface area (Å²) in [4.78, 5) is 18.0. The van der Waals surface area contributed by atoms with Gasteiger partial charge in [-0.25, -0.2) is 4.39 Å². The van der Waals surface area contributed by atoms with Crippen LogP contribution >= 0.6 is 23.2 Å². The highest BCUT2D eigenvalue weighted by atomic mass is 35.5. The van der Waals surface area contributed by atoms with Crippen LogP contribution in [0.15, 0.2) is 43.1 Å². The van der Waals surface area contributed by atoms with Gasteiger partial charge in [0.05, 0.1) is 39.1 Å². The highest BCUT2D eigenvalue weighted by molar-refractivity contribution is 6.42. The molecule has 10 heteroatoms. The lowest BCUT2D eigenvalue weighted by atomic mass is 10.1. The maximum atomic E-state index is 14.8. The number of hydrogen-bond acceptors (Lipinski definition) is 6. The summed E-state index contributed by atoms with van der Waals surface area (Å²) < 4.78 is 26.9. The third-order valence-corrected chi connectivity index (χ3v) is 6.65. The summed E-state index contributed by atoms with van der Waals surface area (Å²) in [5.74, 6) is 0.127. The van der Waals surface area contributed by atoms with Crippen molar-refractivity contribution in [1.29, 1.82) is 5.26 Å². The van der Waals surface area contributed by atoms with E-state index in [9.17, 15) is 14.4 Å². The van der Waals surface area contributed by atoms with Crippen LogP contribution in [0.25, 0.3) is 10.9 Å². The highest BCUT2D eigenvalue weighted by Crippen LogP contribution is 2.39. The average molecular weight is 529 g/mol. The molecule has 3 aromatic rings. The Bertz CT molecular complexity index is 1370. The minimum absolute atomic E-state index is 0.0593. The summed E-state index contributed by atoms with van der Waals surface area (Å²) in [6.07, 6.45) is 3.84. The molecule has 1 N–H and O–H groups in total. The highest BCUT2D eigenvalue weighted by Gasteiger charge is 2.24. The molecule has 1 amide bonds. The van der Waals surface area contributed by atoms with Gasteiger partial charge in [0.1, 0.15) is 12.2 Å². The lowest BCUT2D eigenvalue weighted by Crippen LogP contribution is -2.41. The van der Waals surface area contributed by atoms with E-state index in [1.54, 1.807) is 17.0 Å². The van der Waals surface area contributed by atoms with Crippen LogP contribution in [-0.2, 0) is 4.79 Å². The molecule has 0 spiro atoms. The number of piperidine rings is 1. The number of benzene rings is 2. The van der Waals surface area contributed by atoms with E-state index in [0.717, 1.165) is 0 Å². The predicted octanol–water partition coefficient (Wildman–Crippen LogP) is 6.25. The molecular weight excluding hydrogens is 506 g/mol. The smallest absolute Gasteiger partial charge is 0.245 e. The summed E-state index contributed by atoms with van der Waals surface area (Å²) in [7, 11) is 0. The molecule has 1 aromatic heterocycles. The number of anilines is 2. The van der Waals surface area contributed by atoms with Gasteiger partial charge in [-0.05, 0) is 31.2 Å². The van der Waals surface area contributed by atoms with Crippen molar-refractivity contribution in [2.75, 3.05) is 25.0 Å². The number of nitrogens with one attached hydrogen (secondary N) is 1. The van der Waals surface area contributed by atoms with Gasteiger partial charge >= 0.3 is 0 Å². The quantitative estimate of drug-likeness (QED) is 0.288. The van der Waals surface area contributed by atoms with Gasteiger partial charge in [-0.15, -0.1) is 0 Å². The SMILES string of the molecule is C=CC(=O)N1CCC(Oc2cc3c(Nc4ccc(Cl)c(Cl)c4F)c(C#N)cnc3cc2OCC)CC1. The first-order chi connectivity index (χ1) is 17.4. The van der Waals surface area contributed by atoms with Gasteiger partial charge in [0.15, 0.2) is 17.3 Å². The third-order valence-electron chi connectivity index (χ3n) is 5.87. The molecule has 0 saturated carbocycles. The van der Waals surface area contributed by atoms with E-state index in [1.165, 1.54) is 24.4 Å². The summed E-state index contributed by atoms with van der Waals surface area (Å²) >= 11 is 11.9. The Balaban J connectivity index is 1.73. The summed E-state index contributed by atoms with van der Waals surface area (Å²) in [5.41, 5.74) is 1.14. The zero-order valence-electron chi connectivity index (χ0n) is 19.5. The van der Waals surface area contributed by atoms with Crippen molar-refractivity contribution in [3.05, 3.63) is 64.5 Å². The Labute approximate surface area is 218 Å². The molecule has 186 valence electrons. The minimum Gasteiger partial charge on any atom is -0.490 e. The van der Waals surface area contributed by atoms with Gasteiger partial charge in [0, 0.05) is 43.6 Å². The molecule has 1 fully saturated rings. The fourth-order valence-corrected chi connectivity index (χ4v) is 4.35. The zero-order valence-corrected chi connectivity index (χ0v) is 21.0. The predicted molar refractivity (Wildman–Crippen MR) is 138 cm³/mol. The number of likely N-dealkylation sites (tertiary alicyclic amines) is 1. The number of nitriles is 1. The number of rotatable bonds is 7. The van der Waals surface area contributed by atoms with Crippen LogP contribution in [0.5, 0.6) is 11.5 Å². The van der Waals surface area contributed by atoms with Crippen LogP contribution in [-0.4, -0.2) is 41.6 Å².